The van der Waals surface area contributed by atoms with Gasteiger partial charge in [0.05, 0.1) is 16.8 Å². The van der Waals surface area contributed by atoms with E-state index in [1.54, 1.807) is 13.0 Å². The first kappa shape index (κ1) is 23.0. The number of rotatable bonds is 10. The van der Waals surface area contributed by atoms with Gasteiger partial charge in [-0.15, -0.1) is 0 Å². The molecule has 2 rings (SSSR count). The van der Waals surface area contributed by atoms with Crippen molar-refractivity contribution in [3.05, 3.63) is 47.7 Å². The van der Waals surface area contributed by atoms with Gasteiger partial charge in [0.2, 0.25) is 12.3 Å². The summed E-state index contributed by atoms with van der Waals surface area (Å²) in [4.78, 5) is 4.12. The van der Waals surface area contributed by atoms with E-state index < -0.39 is 22.4 Å². The largest absolute Gasteiger partial charge is 0.476 e. The summed E-state index contributed by atoms with van der Waals surface area (Å²) >= 11 is 0. The van der Waals surface area contributed by atoms with Crippen molar-refractivity contribution in [3.8, 4) is 5.88 Å². The summed E-state index contributed by atoms with van der Waals surface area (Å²) < 4.78 is 58.8. The van der Waals surface area contributed by atoms with Gasteiger partial charge in [-0.05, 0) is 30.2 Å². The van der Waals surface area contributed by atoms with Crippen molar-refractivity contribution in [2.75, 3.05) is 17.9 Å². The van der Waals surface area contributed by atoms with Crippen LogP contribution >= 0.6 is 0 Å². The fraction of sp³-hybridized carbons (Fsp3) is 0.450. The Morgan fingerprint density at radius 3 is 2.34 bits per heavy atom. The summed E-state index contributed by atoms with van der Waals surface area (Å²) in [5.41, 5.74) is 1.35. The van der Waals surface area contributed by atoms with Crippen molar-refractivity contribution in [1.29, 1.82) is 0 Å². The molecule has 1 unspecified atom stereocenters. The van der Waals surface area contributed by atoms with Gasteiger partial charge in [0.25, 0.3) is 10.0 Å². The van der Waals surface area contributed by atoms with Crippen LogP contribution < -0.4 is 14.8 Å². The van der Waals surface area contributed by atoms with Crippen LogP contribution in [0.15, 0.2) is 41.4 Å². The number of anilines is 1. The maximum absolute atomic E-state index is 12.8. The minimum absolute atomic E-state index is 0.0118. The molecule has 0 fully saturated rings. The molecule has 0 saturated heterocycles. The lowest BCUT2D eigenvalue weighted by molar-refractivity contribution is 0.121. The predicted octanol–water partition coefficient (Wildman–Crippen LogP) is 3.94. The van der Waals surface area contributed by atoms with Crippen LogP contribution in [0.4, 0.5) is 14.5 Å². The van der Waals surface area contributed by atoms with E-state index in [4.69, 9.17) is 4.74 Å². The van der Waals surface area contributed by atoms with Crippen molar-refractivity contribution >= 4 is 15.7 Å². The molecule has 29 heavy (non-hydrogen) atoms. The van der Waals surface area contributed by atoms with Gasteiger partial charge in [-0.3, -0.25) is 4.72 Å². The Morgan fingerprint density at radius 1 is 1.14 bits per heavy atom. The normalized spacial score (nSPS) is 13.0. The zero-order valence-corrected chi connectivity index (χ0v) is 17.8. The summed E-state index contributed by atoms with van der Waals surface area (Å²) in [6.45, 7) is 8.33. The number of nitrogens with zero attached hydrogens (tertiary/aromatic N) is 1. The first-order valence-electron chi connectivity index (χ1n) is 9.34. The number of ether oxygens (including phenoxy) is 1. The third-order valence-corrected chi connectivity index (χ3v) is 5.71. The van der Waals surface area contributed by atoms with E-state index in [-0.39, 0.29) is 4.90 Å². The standard InChI is InChI=1S/C20H27F2N3O3S/c1-13(2)23-9-10-28-19-11-14(3)18(12-24-19)25-29(26,27)17-7-5-16(6-8-17)15(4)20(21)22/h5-8,11-13,15,20,23,25H,9-10H2,1-4H3. The smallest absolute Gasteiger partial charge is 0.261 e. The van der Waals surface area contributed by atoms with Crippen molar-refractivity contribution in [2.24, 2.45) is 0 Å². The Bertz CT molecular complexity index is 904. The lowest BCUT2D eigenvalue weighted by Gasteiger charge is -2.14. The molecular weight excluding hydrogens is 400 g/mol. The minimum Gasteiger partial charge on any atom is -0.476 e. The number of hydrogen-bond acceptors (Lipinski definition) is 5. The average Bonchev–Trinajstić information content (AvgIpc) is 2.66. The third kappa shape index (κ3) is 6.64. The number of pyridine rings is 1. The first-order valence-corrected chi connectivity index (χ1v) is 10.8. The summed E-state index contributed by atoms with van der Waals surface area (Å²) in [7, 11) is -3.87. The quantitative estimate of drug-likeness (QED) is 0.562. The first-order chi connectivity index (χ1) is 13.6. The average molecular weight is 428 g/mol. The van der Waals surface area contributed by atoms with Gasteiger partial charge in [-0.2, -0.15) is 0 Å². The highest BCUT2D eigenvalue weighted by atomic mass is 32.2. The summed E-state index contributed by atoms with van der Waals surface area (Å²) in [6.07, 6.45) is -1.11. The van der Waals surface area contributed by atoms with Crippen LogP contribution in [0.25, 0.3) is 0 Å². The SMILES string of the molecule is Cc1cc(OCCNC(C)C)ncc1NS(=O)(=O)c1ccc(C(C)C(F)F)cc1. The maximum atomic E-state index is 12.8. The molecule has 0 aliphatic heterocycles. The molecule has 0 aliphatic carbocycles. The van der Waals surface area contributed by atoms with Crippen molar-refractivity contribution in [1.82, 2.24) is 10.3 Å². The number of alkyl halides is 2. The van der Waals surface area contributed by atoms with Crippen LogP contribution in [-0.2, 0) is 10.0 Å². The van der Waals surface area contributed by atoms with Crippen LogP contribution in [-0.4, -0.2) is 39.0 Å². The highest BCUT2D eigenvalue weighted by molar-refractivity contribution is 7.92. The zero-order valence-electron chi connectivity index (χ0n) is 16.9. The van der Waals surface area contributed by atoms with Gasteiger partial charge >= 0.3 is 0 Å². The minimum atomic E-state index is -3.87. The second kappa shape index (κ2) is 9.98. The summed E-state index contributed by atoms with van der Waals surface area (Å²) in [5.74, 6) is -0.559. The van der Waals surface area contributed by atoms with Crippen LogP contribution in [0.3, 0.4) is 0 Å². The second-order valence-corrected chi connectivity index (χ2v) is 8.77. The van der Waals surface area contributed by atoms with E-state index in [9.17, 15) is 17.2 Å². The van der Waals surface area contributed by atoms with Gasteiger partial charge in [0.15, 0.2) is 0 Å². The zero-order chi connectivity index (χ0) is 21.6. The van der Waals surface area contributed by atoms with Crippen LogP contribution in [0.1, 0.15) is 37.8 Å². The van der Waals surface area contributed by atoms with Crippen molar-refractivity contribution in [2.45, 2.75) is 51.0 Å². The molecule has 1 heterocycles. The number of nitrogens with one attached hydrogen (secondary N) is 2. The number of hydrogen-bond donors (Lipinski definition) is 2. The number of aromatic nitrogens is 1. The molecule has 0 bridgehead atoms. The molecule has 2 N–H and O–H groups in total. The fourth-order valence-electron chi connectivity index (χ4n) is 2.52. The van der Waals surface area contributed by atoms with E-state index in [0.717, 1.165) is 0 Å². The van der Waals surface area contributed by atoms with Crippen molar-refractivity contribution in [3.63, 3.8) is 0 Å². The highest BCUT2D eigenvalue weighted by Gasteiger charge is 2.20. The molecular formula is C20H27F2N3O3S. The van der Waals surface area contributed by atoms with E-state index in [0.29, 0.717) is 41.9 Å². The molecule has 160 valence electrons. The number of benzene rings is 1. The highest BCUT2D eigenvalue weighted by Crippen LogP contribution is 2.25. The maximum Gasteiger partial charge on any atom is 0.261 e. The fourth-order valence-corrected chi connectivity index (χ4v) is 3.63. The molecule has 0 radical (unpaired) electrons. The molecule has 1 aromatic heterocycles. The molecule has 1 aromatic carbocycles. The van der Waals surface area contributed by atoms with E-state index >= 15 is 0 Å². The van der Waals surface area contributed by atoms with Crippen LogP contribution in [0, 0.1) is 6.92 Å². The lowest BCUT2D eigenvalue weighted by atomic mass is 10.0. The van der Waals surface area contributed by atoms with Crippen LogP contribution in [0.5, 0.6) is 5.88 Å². The summed E-state index contributed by atoms with van der Waals surface area (Å²) in [6, 6.07) is 7.45. The molecule has 0 aliphatic rings. The summed E-state index contributed by atoms with van der Waals surface area (Å²) in [5, 5.41) is 3.22. The third-order valence-electron chi connectivity index (χ3n) is 4.33. The number of halogens is 2. The van der Waals surface area contributed by atoms with Gasteiger partial charge in [-0.25, -0.2) is 22.2 Å². The Balaban J connectivity index is 2.06. The van der Waals surface area contributed by atoms with E-state index in [1.165, 1.54) is 37.4 Å². The lowest BCUT2D eigenvalue weighted by Crippen LogP contribution is -2.27. The van der Waals surface area contributed by atoms with E-state index in [2.05, 4.69) is 15.0 Å². The molecule has 0 amide bonds. The Hall–Kier alpha value is -2.26. The molecule has 2 aromatic rings. The van der Waals surface area contributed by atoms with Crippen LogP contribution in [0.2, 0.25) is 0 Å². The Kier molecular flexibility index (Phi) is 7.92. The molecule has 1 atom stereocenters. The number of sulfonamides is 1. The Labute approximate surface area is 170 Å². The van der Waals surface area contributed by atoms with Gasteiger partial charge in [0, 0.05) is 24.6 Å². The van der Waals surface area contributed by atoms with Crippen molar-refractivity contribution < 1.29 is 21.9 Å². The molecule has 0 spiro atoms. The van der Waals surface area contributed by atoms with Gasteiger partial charge in [-0.1, -0.05) is 32.9 Å². The van der Waals surface area contributed by atoms with Gasteiger partial charge < -0.3 is 10.1 Å². The molecule has 0 saturated carbocycles. The predicted molar refractivity (Wildman–Crippen MR) is 109 cm³/mol. The number of aryl methyl sites for hydroxylation is 1. The topological polar surface area (TPSA) is 80.3 Å². The van der Waals surface area contributed by atoms with Gasteiger partial charge in [0.1, 0.15) is 6.61 Å². The van der Waals surface area contributed by atoms with E-state index in [1.807, 2.05) is 13.8 Å². The second-order valence-electron chi connectivity index (χ2n) is 7.09. The monoisotopic (exact) mass is 427 g/mol. The molecule has 6 nitrogen and oxygen atoms in total. The Morgan fingerprint density at radius 2 is 1.79 bits per heavy atom. The molecule has 9 heteroatoms.